The number of nitrogens with one attached hydrogen (secondary N) is 3. The van der Waals surface area contributed by atoms with Crippen molar-refractivity contribution in [2.24, 2.45) is 11.8 Å². The second kappa shape index (κ2) is 8.31. The molecular weight excluding hydrogens is 374 g/mol. The van der Waals surface area contributed by atoms with Gasteiger partial charge in [0.25, 0.3) is 0 Å². The molecule has 0 unspecified atom stereocenters. The van der Waals surface area contributed by atoms with E-state index in [1.165, 1.54) is 22.8 Å². The molecule has 1 amide bonds. The second-order valence-corrected chi connectivity index (χ2v) is 8.56. The lowest BCUT2D eigenvalue weighted by atomic mass is 10.0. The Morgan fingerprint density at radius 2 is 1.93 bits per heavy atom. The third-order valence-electron chi connectivity index (χ3n) is 5.28. The summed E-state index contributed by atoms with van der Waals surface area (Å²) < 4.78 is 0. The van der Waals surface area contributed by atoms with E-state index in [1.807, 2.05) is 12.1 Å². The molecule has 4 nitrogen and oxygen atoms in total. The second-order valence-electron chi connectivity index (χ2n) is 7.16. The summed E-state index contributed by atoms with van der Waals surface area (Å²) in [5.74, 6) is 2.37. The quantitative estimate of drug-likeness (QED) is 0.409. The smallest absolute Gasteiger partial charge is 0.248 e. The van der Waals surface area contributed by atoms with Gasteiger partial charge >= 0.3 is 0 Å². The van der Waals surface area contributed by atoms with Crippen LogP contribution < -0.4 is 16.2 Å². The number of benzene rings is 2. The molecule has 3 N–H and O–H groups in total. The normalized spacial score (nSPS) is 22.7. The van der Waals surface area contributed by atoms with Gasteiger partial charge in [-0.3, -0.25) is 15.6 Å². The molecule has 140 valence electrons. The fourth-order valence-electron chi connectivity index (χ4n) is 3.99. The number of rotatable bonds is 5. The largest absolute Gasteiger partial charge is 0.358 e. The van der Waals surface area contributed by atoms with Crippen LogP contribution in [-0.2, 0) is 10.5 Å². The van der Waals surface area contributed by atoms with Crippen molar-refractivity contribution in [1.29, 1.82) is 0 Å². The van der Waals surface area contributed by atoms with Crippen LogP contribution >= 0.6 is 24.0 Å². The third-order valence-corrected chi connectivity index (χ3v) is 6.48. The van der Waals surface area contributed by atoms with Crippen molar-refractivity contribution in [3.8, 4) is 0 Å². The zero-order valence-corrected chi connectivity index (χ0v) is 16.6. The fourth-order valence-corrected chi connectivity index (χ4v) is 5.02. The predicted octanol–water partition coefficient (Wildman–Crippen LogP) is 3.53. The Kier molecular flexibility index (Phi) is 5.64. The molecule has 0 spiro atoms. The maximum atomic E-state index is 12.1. The Bertz CT molecular complexity index is 877. The van der Waals surface area contributed by atoms with E-state index in [1.54, 1.807) is 11.8 Å². The minimum absolute atomic E-state index is 0.0720. The van der Waals surface area contributed by atoms with Crippen molar-refractivity contribution < 1.29 is 4.79 Å². The van der Waals surface area contributed by atoms with Crippen LogP contribution in [0.4, 0.5) is 0 Å². The number of fused-ring (bicyclic) bond motifs is 3. The number of carbonyl (C=O) groups excluding carboxylic acids is 1. The Labute approximate surface area is 169 Å². The molecule has 1 saturated carbocycles. The Morgan fingerprint density at radius 1 is 1.07 bits per heavy atom. The first-order valence-electron chi connectivity index (χ1n) is 9.27. The van der Waals surface area contributed by atoms with Crippen LogP contribution in [0.5, 0.6) is 0 Å². The van der Waals surface area contributed by atoms with Gasteiger partial charge in [0.15, 0.2) is 5.11 Å². The van der Waals surface area contributed by atoms with E-state index in [2.05, 4.69) is 58.7 Å². The topological polar surface area (TPSA) is 53.2 Å². The van der Waals surface area contributed by atoms with Crippen molar-refractivity contribution >= 4 is 45.8 Å². The summed E-state index contributed by atoms with van der Waals surface area (Å²) >= 11 is 6.90. The van der Waals surface area contributed by atoms with Gasteiger partial charge in [-0.25, -0.2) is 0 Å². The summed E-state index contributed by atoms with van der Waals surface area (Å²) in [6.07, 6.45) is 6.92. The van der Waals surface area contributed by atoms with Crippen LogP contribution in [0.2, 0.25) is 0 Å². The molecule has 0 radical (unpaired) electrons. The lowest BCUT2D eigenvalue weighted by Crippen LogP contribution is -2.50. The lowest BCUT2D eigenvalue weighted by molar-refractivity contribution is -0.119. The molecule has 2 aromatic rings. The van der Waals surface area contributed by atoms with Gasteiger partial charge in [0.1, 0.15) is 0 Å². The Morgan fingerprint density at radius 3 is 2.74 bits per heavy atom. The molecule has 2 bridgehead atoms. The van der Waals surface area contributed by atoms with Crippen molar-refractivity contribution in [2.45, 2.75) is 24.6 Å². The molecule has 2 aliphatic rings. The fraction of sp³-hybridized carbons (Fsp3) is 0.333. The van der Waals surface area contributed by atoms with Crippen LogP contribution in [0, 0.1) is 11.8 Å². The number of allylic oxidation sites excluding steroid dienone is 1. The maximum absolute atomic E-state index is 12.1. The number of amides is 1. The highest BCUT2D eigenvalue weighted by atomic mass is 32.2. The standard InChI is InChI=1S/C21H23N3OS2/c25-20(23-24-21(26)22-19-11-14-8-9-16(19)10-14)13-27-12-17-6-3-5-15-4-1-2-7-18(15)17/h1-9,14,16,19H,10-13H2,(H,23,25)(H2,22,24,26)/t14-,16-,19-/m0/s1. The molecule has 1 fully saturated rings. The van der Waals surface area contributed by atoms with E-state index < -0.39 is 0 Å². The monoisotopic (exact) mass is 397 g/mol. The highest BCUT2D eigenvalue weighted by molar-refractivity contribution is 7.99. The molecule has 2 aromatic carbocycles. The average Bonchev–Trinajstić information content (AvgIpc) is 3.30. The highest BCUT2D eigenvalue weighted by Crippen LogP contribution is 2.38. The molecule has 2 aliphatic carbocycles. The van der Waals surface area contributed by atoms with Gasteiger partial charge in [-0.1, -0.05) is 54.6 Å². The Hall–Kier alpha value is -2.05. The number of hydrazine groups is 1. The molecule has 0 aromatic heterocycles. The van der Waals surface area contributed by atoms with Crippen molar-refractivity contribution in [3.05, 3.63) is 60.2 Å². The minimum atomic E-state index is -0.0720. The average molecular weight is 398 g/mol. The number of thioether (sulfide) groups is 1. The summed E-state index contributed by atoms with van der Waals surface area (Å²) in [5.41, 5.74) is 6.77. The summed E-state index contributed by atoms with van der Waals surface area (Å²) in [6.45, 7) is 0. The maximum Gasteiger partial charge on any atom is 0.248 e. The summed E-state index contributed by atoms with van der Waals surface area (Å²) in [4.78, 5) is 12.1. The first-order valence-corrected chi connectivity index (χ1v) is 10.8. The molecule has 27 heavy (non-hydrogen) atoms. The first-order chi connectivity index (χ1) is 13.2. The van der Waals surface area contributed by atoms with Gasteiger partial charge in [-0.2, -0.15) is 0 Å². The van der Waals surface area contributed by atoms with Gasteiger partial charge in [0.05, 0.1) is 5.75 Å². The Balaban J connectivity index is 1.18. The summed E-state index contributed by atoms with van der Waals surface area (Å²) in [6, 6.07) is 15.0. The van der Waals surface area contributed by atoms with Gasteiger partial charge in [0.2, 0.25) is 5.91 Å². The van der Waals surface area contributed by atoms with Gasteiger partial charge in [0, 0.05) is 11.8 Å². The minimum Gasteiger partial charge on any atom is -0.358 e. The molecule has 3 atom stereocenters. The van der Waals surface area contributed by atoms with Crippen molar-refractivity contribution in [1.82, 2.24) is 16.2 Å². The van der Waals surface area contributed by atoms with E-state index in [-0.39, 0.29) is 5.91 Å². The number of hydrogen-bond donors (Lipinski definition) is 3. The molecule has 0 aliphatic heterocycles. The van der Waals surface area contributed by atoms with Crippen LogP contribution in [0.15, 0.2) is 54.6 Å². The number of carbonyl (C=O) groups is 1. The first kappa shape index (κ1) is 18.3. The number of hydrogen-bond acceptors (Lipinski definition) is 3. The van der Waals surface area contributed by atoms with Crippen molar-refractivity contribution in [2.75, 3.05) is 5.75 Å². The van der Waals surface area contributed by atoms with Crippen LogP contribution in [0.25, 0.3) is 10.8 Å². The molecule has 0 heterocycles. The summed E-state index contributed by atoms with van der Waals surface area (Å²) in [5, 5.41) is 6.29. The SMILES string of the molecule is O=C(CSCc1cccc2ccccc12)NNC(=S)N[C@H]1C[C@H]2C=C[C@H]1C2. The van der Waals surface area contributed by atoms with Crippen LogP contribution in [0.3, 0.4) is 0 Å². The van der Waals surface area contributed by atoms with E-state index in [9.17, 15) is 4.79 Å². The van der Waals surface area contributed by atoms with E-state index in [0.29, 0.717) is 28.7 Å². The zero-order chi connectivity index (χ0) is 18.6. The van der Waals surface area contributed by atoms with E-state index >= 15 is 0 Å². The van der Waals surface area contributed by atoms with Gasteiger partial charge in [-0.15, -0.1) is 11.8 Å². The summed E-state index contributed by atoms with van der Waals surface area (Å²) in [7, 11) is 0. The van der Waals surface area contributed by atoms with Crippen molar-refractivity contribution in [3.63, 3.8) is 0 Å². The molecule has 4 rings (SSSR count). The predicted molar refractivity (Wildman–Crippen MR) is 116 cm³/mol. The highest BCUT2D eigenvalue weighted by Gasteiger charge is 2.35. The third kappa shape index (κ3) is 4.45. The van der Waals surface area contributed by atoms with Crippen LogP contribution in [-0.4, -0.2) is 22.8 Å². The molecule has 0 saturated heterocycles. The lowest BCUT2D eigenvalue weighted by Gasteiger charge is -2.22. The van der Waals surface area contributed by atoms with E-state index in [0.717, 1.165) is 12.2 Å². The van der Waals surface area contributed by atoms with E-state index in [4.69, 9.17) is 12.2 Å². The van der Waals surface area contributed by atoms with Gasteiger partial charge in [-0.05, 0) is 53.2 Å². The van der Waals surface area contributed by atoms with Crippen LogP contribution in [0.1, 0.15) is 18.4 Å². The van der Waals surface area contributed by atoms with Gasteiger partial charge < -0.3 is 5.32 Å². The molecule has 6 heteroatoms. The zero-order valence-electron chi connectivity index (χ0n) is 15.0. The molecular formula is C21H23N3OS2. The number of thiocarbonyl (C=S) groups is 1.